The second-order valence-corrected chi connectivity index (χ2v) is 3.65. The molecular formula is C9H19N3O. The summed E-state index contributed by atoms with van der Waals surface area (Å²) in [4.78, 5) is 10.3. The normalized spacial score (nSPS) is 22.6. The van der Waals surface area contributed by atoms with E-state index in [2.05, 4.69) is 10.6 Å². The van der Waals surface area contributed by atoms with Gasteiger partial charge in [-0.3, -0.25) is 0 Å². The summed E-state index contributed by atoms with van der Waals surface area (Å²) in [5, 5.41) is 5.98. The van der Waals surface area contributed by atoms with Crippen LogP contribution in [0.25, 0.3) is 0 Å². The molecule has 0 aromatic rings. The van der Waals surface area contributed by atoms with Gasteiger partial charge in [-0.15, -0.1) is 0 Å². The molecular weight excluding hydrogens is 166 g/mol. The summed E-state index contributed by atoms with van der Waals surface area (Å²) in [6, 6.07) is -0.415. The van der Waals surface area contributed by atoms with Crippen molar-refractivity contribution in [1.82, 2.24) is 10.6 Å². The lowest BCUT2D eigenvalue weighted by atomic mass is 9.95. The first-order valence-electron chi connectivity index (χ1n) is 5.03. The Hall–Kier alpha value is -0.770. The van der Waals surface area contributed by atoms with Gasteiger partial charge in [0.15, 0.2) is 0 Å². The molecule has 1 atom stereocenters. The van der Waals surface area contributed by atoms with Crippen LogP contribution in [0.2, 0.25) is 0 Å². The van der Waals surface area contributed by atoms with E-state index in [0.29, 0.717) is 6.54 Å². The van der Waals surface area contributed by atoms with Crippen LogP contribution in [0.15, 0.2) is 0 Å². The number of amides is 2. The Kier molecular flexibility index (Phi) is 4.60. The molecule has 2 amide bonds. The van der Waals surface area contributed by atoms with Crippen molar-refractivity contribution in [3.8, 4) is 0 Å². The van der Waals surface area contributed by atoms with Gasteiger partial charge in [-0.1, -0.05) is 0 Å². The fraction of sp³-hybridized carbons (Fsp3) is 0.889. The van der Waals surface area contributed by atoms with Crippen molar-refractivity contribution >= 4 is 6.03 Å². The maximum absolute atomic E-state index is 10.3. The lowest BCUT2D eigenvalue weighted by Crippen LogP contribution is -2.32. The number of rotatable bonds is 4. The van der Waals surface area contributed by atoms with Crippen LogP contribution >= 0.6 is 0 Å². The molecule has 1 aliphatic heterocycles. The first-order valence-corrected chi connectivity index (χ1v) is 5.03. The largest absolute Gasteiger partial charge is 0.352 e. The average Bonchev–Trinajstić information content (AvgIpc) is 2.14. The van der Waals surface area contributed by atoms with Gasteiger partial charge in [-0.25, -0.2) is 4.79 Å². The summed E-state index contributed by atoms with van der Waals surface area (Å²) in [6.07, 6.45) is 4.83. The Morgan fingerprint density at radius 3 is 3.08 bits per heavy atom. The highest BCUT2D eigenvalue weighted by molar-refractivity contribution is 5.71. The highest BCUT2D eigenvalue weighted by Crippen LogP contribution is 2.14. The van der Waals surface area contributed by atoms with Gasteiger partial charge < -0.3 is 16.4 Å². The lowest BCUT2D eigenvalue weighted by molar-refractivity contribution is 0.248. The molecule has 13 heavy (non-hydrogen) atoms. The van der Waals surface area contributed by atoms with Crippen LogP contribution in [-0.4, -0.2) is 25.7 Å². The number of hydrogen-bond acceptors (Lipinski definition) is 2. The van der Waals surface area contributed by atoms with Crippen molar-refractivity contribution in [3.05, 3.63) is 0 Å². The van der Waals surface area contributed by atoms with Gasteiger partial charge in [-0.2, -0.15) is 0 Å². The molecule has 4 heteroatoms. The fourth-order valence-corrected chi connectivity index (χ4v) is 1.77. The number of carbonyl (C=O) groups is 1. The van der Waals surface area contributed by atoms with E-state index in [-0.39, 0.29) is 0 Å². The van der Waals surface area contributed by atoms with Crippen molar-refractivity contribution < 1.29 is 4.79 Å². The number of carbonyl (C=O) groups excluding carboxylic acids is 1. The zero-order chi connectivity index (χ0) is 9.52. The number of primary amides is 1. The number of piperidine rings is 1. The summed E-state index contributed by atoms with van der Waals surface area (Å²) in [6.45, 7) is 3.01. The van der Waals surface area contributed by atoms with E-state index < -0.39 is 6.03 Å². The van der Waals surface area contributed by atoms with Gasteiger partial charge in [0.25, 0.3) is 0 Å². The molecule has 0 aromatic carbocycles. The quantitative estimate of drug-likeness (QED) is 0.556. The third-order valence-electron chi connectivity index (χ3n) is 2.49. The molecule has 1 aliphatic rings. The topological polar surface area (TPSA) is 67.2 Å². The molecule has 0 radical (unpaired) electrons. The Morgan fingerprint density at radius 2 is 2.46 bits per heavy atom. The zero-order valence-corrected chi connectivity index (χ0v) is 8.01. The molecule has 0 bridgehead atoms. The predicted octanol–water partition coefficient (Wildman–Crippen LogP) is 0.434. The molecule has 0 saturated carbocycles. The van der Waals surface area contributed by atoms with Gasteiger partial charge in [0.05, 0.1) is 0 Å². The van der Waals surface area contributed by atoms with E-state index in [0.717, 1.165) is 25.4 Å². The summed E-state index contributed by atoms with van der Waals surface area (Å²) in [7, 11) is 0. The molecule has 1 fully saturated rings. The van der Waals surface area contributed by atoms with Crippen LogP contribution in [0.4, 0.5) is 4.79 Å². The van der Waals surface area contributed by atoms with Gasteiger partial charge >= 0.3 is 6.03 Å². The molecule has 1 heterocycles. The van der Waals surface area contributed by atoms with Crippen molar-refractivity contribution in [2.24, 2.45) is 11.7 Å². The van der Waals surface area contributed by atoms with Crippen LogP contribution in [0.3, 0.4) is 0 Å². The first-order chi connectivity index (χ1) is 6.29. The second-order valence-electron chi connectivity index (χ2n) is 3.65. The molecule has 4 N–H and O–H groups in total. The maximum Gasteiger partial charge on any atom is 0.312 e. The van der Waals surface area contributed by atoms with E-state index in [9.17, 15) is 4.79 Å². The van der Waals surface area contributed by atoms with E-state index in [1.165, 1.54) is 19.3 Å². The Balaban J connectivity index is 1.95. The van der Waals surface area contributed by atoms with Crippen molar-refractivity contribution in [1.29, 1.82) is 0 Å². The molecule has 1 saturated heterocycles. The zero-order valence-electron chi connectivity index (χ0n) is 8.01. The molecule has 1 rings (SSSR count). The number of nitrogens with one attached hydrogen (secondary N) is 2. The molecule has 76 valence electrons. The number of nitrogens with two attached hydrogens (primary N) is 1. The van der Waals surface area contributed by atoms with Gasteiger partial charge in [0.1, 0.15) is 0 Å². The molecule has 4 nitrogen and oxygen atoms in total. The fourth-order valence-electron chi connectivity index (χ4n) is 1.77. The number of hydrogen-bond donors (Lipinski definition) is 3. The predicted molar refractivity (Wildman–Crippen MR) is 52.4 cm³/mol. The minimum atomic E-state index is -0.415. The van der Waals surface area contributed by atoms with Crippen LogP contribution in [-0.2, 0) is 0 Å². The molecule has 0 aliphatic carbocycles. The van der Waals surface area contributed by atoms with Crippen molar-refractivity contribution in [3.63, 3.8) is 0 Å². The summed E-state index contributed by atoms with van der Waals surface area (Å²) >= 11 is 0. The van der Waals surface area contributed by atoms with Gasteiger partial charge in [0.2, 0.25) is 0 Å². The highest BCUT2D eigenvalue weighted by Gasteiger charge is 2.11. The molecule has 0 aromatic heterocycles. The van der Waals surface area contributed by atoms with E-state index in [4.69, 9.17) is 5.73 Å². The summed E-state index contributed by atoms with van der Waals surface area (Å²) in [5.41, 5.74) is 4.95. The Morgan fingerprint density at radius 1 is 1.62 bits per heavy atom. The third kappa shape index (κ3) is 4.72. The van der Waals surface area contributed by atoms with Crippen LogP contribution in [0.5, 0.6) is 0 Å². The SMILES string of the molecule is NC(=O)NCCCC1CCCNC1. The molecule has 1 unspecified atom stereocenters. The monoisotopic (exact) mass is 185 g/mol. The minimum Gasteiger partial charge on any atom is -0.352 e. The lowest BCUT2D eigenvalue weighted by Gasteiger charge is -2.22. The van der Waals surface area contributed by atoms with E-state index in [1.807, 2.05) is 0 Å². The maximum atomic E-state index is 10.3. The van der Waals surface area contributed by atoms with Gasteiger partial charge in [0, 0.05) is 6.54 Å². The smallest absolute Gasteiger partial charge is 0.312 e. The standard InChI is InChI=1S/C9H19N3O/c10-9(13)12-6-2-4-8-3-1-5-11-7-8/h8,11H,1-7H2,(H3,10,12,13). The Labute approximate surface area is 79.3 Å². The third-order valence-corrected chi connectivity index (χ3v) is 2.49. The Bertz CT molecular complexity index is 155. The second kappa shape index (κ2) is 5.80. The van der Waals surface area contributed by atoms with Crippen molar-refractivity contribution in [2.45, 2.75) is 25.7 Å². The van der Waals surface area contributed by atoms with Crippen molar-refractivity contribution in [2.75, 3.05) is 19.6 Å². The van der Waals surface area contributed by atoms with E-state index in [1.54, 1.807) is 0 Å². The average molecular weight is 185 g/mol. The van der Waals surface area contributed by atoms with Gasteiger partial charge in [-0.05, 0) is 44.7 Å². The van der Waals surface area contributed by atoms with Crippen LogP contribution in [0, 0.1) is 5.92 Å². The van der Waals surface area contributed by atoms with E-state index >= 15 is 0 Å². The summed E-state index contributed by atoms with van der Waals surface area (Å²) < 4.78 is 0. The highest BCUT2D eigenvalue weighted by atomic mass is 16.2. The van der Waals surface area contributed by atoms with Crippen LogP contribution in [0.1, 0.15) is 25.7 Å². The first kappa shape index (κ1) is 10.3. The molecule has 0 spiro atoms. The van der Waals surface area contributed by atoms with Crippen LogP contribution < -0.4 is 16.4 Å². The summed E-state index contributed by atoms with van der Waals surface area (Å²) in [5.74, 6) is 0.795. The number of urea groups is 1. The minimum absolute atomic E-state index is 0.415.